The first kappa shape index (κ1) is 17.5. The molecule has 1 saturated heterocycles. The quantitative estimate of drug-likeness (QED) is 0.324. The van der Waals surface area contributed by atoms with Gasteiger partial charge in [0.1, 0.15) is 5.82 Å². The lowest BCUT2D eigenvalue weighted by molar-refractivity contribution is -0.384. The van der Waals surface area contributed by atoms with Gasteiger partial charge in [0.2, 0.25) is 0 Å². The van der Waals surface area contributed by atoms with Gasteiger partial charge in [0.05, 0.1) is 20.5 Å². The predicted molar refractivity (Wildman–Crippen MR) is 100 cm³/mol. The van der Waals surface area contributed by atoms with Crippen molar-refractivity contribution in [3.63, 3.8) is 0 Å². The molecule has 0 aromatic heterocycles. The monoisotopic (exact) mass is 394 g/mol. The van der Waals surface area contributed by atoms with Crippen molar-refractivity contribution in [1.82, 2.24) is 0 Å². The molecule has 3 rings (SSSR count). The van der Waals surface area contributed by atoms with Crippen LogP contribution in [0, 0.1) is 15.9 Å². The highest BCUT2D eigenvalue weighted by Gasteiger charge is 2.34. The zero-order valence-corrected chi connectivity index (χ0v) is 14.7. The second-order valence-electron chi connectivity index (χ2n) is 4.93. The van der Waals surface area contributed by atoms with Crippen LogP contribution in [-0.4, -0.2) is 15.2 Å². The maximum Gasteiger partial charge on any atom is 0.271 e. The van der Waals surface area contributed by atoms with Crippen molar-refractivity contribution in [2.45, 2.75) is 0 Å². The molecular formula is C16H8ClFN2O3S2. The minimum Gasteiger partial charge on any atom is -0.268 e. The summed E-state index contributed by atoms with van der Waals surface area (Å²) in [7, 11) is 0. The molecule has 0 aliphatic carbocycles. The highest BCUT2D eigenvalue weighted by atomic mass is 35.5. The third-order valence-electron chi connectivity index (χ3n) is 3.37. The van der Waals surface area contributed by atoms with Gasteiger partial charge in [-0.3, -0.25) is 19.8 Å². The topological polar surface area (TPSA) is 63.5 Å². The van der Waals surface area contributed by atoms with Gasteiger partial charge in [0, 0.05) is 17.7 Å². The normalized spacial score (nSPS) is 15.9. The van der Waals surface area contributed by atoms with Gasteiger partial charge in [0.15, 0.2) is 4.32 Å². The summed E-state index contributed by atoms with van der Waals surface area (Å²) in [6, 6.07) is 9.78. The molecule has 1 fully saturated rings. The van der Waals surface area contributed by atoms with Gasteiger partial charge < -0.3 is 0 Å². The Morgan fingerprint density at radius 3 is 2.68 bits per heavy atom. The molecule has 25 heavy (non-hydrogen) atoms. The molecule has 2 aromatic rings. The molecule has 9 heteroatoms. The van der Waals surface area contributed by atoms with Gasteiger partial charge in [-0.2, -0.15) is 0 Å². The van der Waals surface area contributed by atoms with Crippen LogP contribution in [0.25, 0.3) is 6.08 Å². The number of carbonyl (C=O) groups is 1. The first-order valence-corrected chi connectivity index (χ1v) is 8.45. The van der Waals surface area contributed by atoms with Crippen molar-refractivity contribution in [2.24, 2.45) is 0 Å². The Morgan fingerprint density at radius 2 is 2.00 bits per heavy atom. The first-order chi connectivity index (χ1) is 11.9. The van der Waals surface area contributed by atoms with E-state index in [-0.39, 0.29) is 31.2 Å². The van der Waals surface area contributed by atoms with Crippen LogP contribution in [0.5, 0.6) is 0 Å². The van der Waals surface area contributed by atoms with E-state index < -0.39 is 16.6 Å². The molecule has 1 aliphatic rings. The fourth-order valence-corrected chi connectivity index (χ4v) is 3.71. The fourth-order valence-electron chi connectivity index (χ4n) is 2.22. The molecule has 0 atom stereocenters. The zero-order chi connectivity index (χ0) is 18.1. The van der Waals surface area contributed by atoms with Gasteiger partial charge >= 0.3 is 0 Å². The van der Waals surface area contributed by atoms with Crippen LogP contribution in [0.4, 0.5) is 15.8 Å². The van der Waals surface area contributed by atoms with E-state index in [1.165, 1.54) is 53.4 Å². The molecule has 1 heterocycles. The van der Waals surface area contributed by atoms with Gasteiger partial charge in [0.25, 0.3) is 11.6 Å². The summed E-state index contributed by atoms with van der Waals surface area (Å²) in [6.07, 6.45) is 1.33. The predicted octanol–water partition coefficient (Wildman–Crippen LogP) is 4.79. The molecule has 126 valence electrons. The van der Waals surface area contributed by atoms with Gasteiger partial charge in [-0.15, -0.1) is 0 Å². The zero-order valence-electron chi connectivity index (χ0n) is 12.3. The number of non-ortho nitro benzene ring substituents is 1. The van der Waals surface area contributed by atoms with Gasteiger partial charge in [-0.05, 0) is 24.3 Å². The van der Waals surface area contributed by atoms with Crippen molar-refractivity contribution < 1.29 is 14.1 Å². The smallest absolute Gasteiger partial charge is 0.268 e. The molecule has 1 aliphatic heterocycles. The third-order valence-corrected chi connectivity index (χ3v) is 5.00. The summed E-state index contributed by atoms with van der Waals surface area (Å²) in [5.41, 5.74) is 0.205. The lowest BCUT2D eigenvalue weighted by atomic mass is 10.2. The molecule has 0 unspecified atom stereocenters. The Labute approximate surface area is 156 Å². The number of thiocarbonyl (C=S) groups is 1. The molecule has 0 radical (unpaired) electrons. The summed E-state index contributed by atoms with van der Waals surface area (Å²) in [6.45, 7) is 0. The van der Waals surface area contributed by atoms with Crippen molar-refractivity contribution in [2.75, 3.05) is 4.90 Å². The van der Waals surface area contributed by atoms with E-state index >= 15 is 0 Å². The van der Waals surface area contributed by atoms with Crippen LogP contribution < -0.4 is 4.90 Å². The Morgan fingerprint density at radius 1 is 1.28 bits per heavy atom. The highest BCUT2D eigenvalue weighted by Crippen LogP contribution is 2.38. The second-order valence-corrected chi connectivity index (χ2v) is 7.01. The Balaban J connectivity index is 2.00. The number of nitrogens with zero attached hydrogens (tertiary/aromatic N) is 2. The first-order valence-electron chi connectivity index (χ1n) is 6.85. The summed E-state index contributed by atoms with van der Waals surface area (Å²) < 4.78 is 14.1. The molecule has 0 N–H and O–H groups in total. The van der Waals surface area contributed by atoms with Crippen LogP contribution in [-0.2, 0) is 4.79 Å². The molecule has 1 amide bonds. The van der Waals surface area contributed by atoms with Crippen molar-refractivity contribution >= 4 is 63.3 Å². The Kier molecular flexibility index (Phi) is 4.85. The molecule has 0 saturated carbocycles. The molecule has 0 bridgehead atoms. The maximum atomic E-state index is 13.9. The van der Waals surface area contributed by atoms with E-state index in [1.54, 1.807) is 0 Å². The van der Waals surface area contributed by atoms with Crippen LogP contribution in [0.2, 0.25) is 5.02 Å². The van der Waals surface area contributed by atoms with E-state index in [9.17, 15) is 19.3 Å². The van der Waals surface area contributed by atoms with Crippen LogP contribution in [0.1, 0.15) is 5.56 Å². The highest BCUT2D eigenvalue weighted by molar-refractivity contribution is 8.27. The average Bonchev–Trinajstić information content (AvgIpc) is 2.85. The number of carbonyl (C=O) groups excluding carboxylic acids is 1. The van der Waals surface area contributed by atoms with Crippen LogP contribution in [0.3, 0.4) is 0 Å². The second kappa shape index (κ2) is 6.91. The van der Waals surface area contributed by atoms with Crippen molar-refractivity contribution in [3.8, 4) is 0 Å². The number of hydrogen-bond acceptors (Lipinski definition) is 5. The van der Waals surface area contributed by atoms with E-state index in [2.05, 4.69) is 0 Å². The number of anilines is 1. The SMILES string of the molecule is O=C1/C(=C\c2c(F)cccc2Cl)SC(=S)N1c1cccc([N+](=O)[O-])c1. The molecule has 5 nitrogen and oxygen atoms in total. The van der Waals surface area contributed by atoms with Crippen LogP contribution >= 0.6 is 35.6 Å². The summed E-state index contributed by atoms with van der Waals surface area (Å²) in [5, 5.41) is 11.1. The lowest BCUT2D eigenvalue weighted by Crippen LogP contribution is -2.27. The molecular weight excluding hydrogens is 387 g/mol. The summed E-state index contributed by atoms with van der Waals surface area (Å²) in [5.74, 6) is -1.05. The molecule has 2 aromatic carbocycles. The number of hydrogen-bond donors (Lipinski definition) is 0. The number of nitro benzene ring substituents is 1. The number of nitro groups is 1. The largest absolute Gasteiger partial charge is 0.271 e. The van der Waals surface area contributed by atoms with E-state index in [0.29, 0.717) is 0 Å². The standard InChI is InChI=1S/C16H8ClFN2O3S2/c17-12-5-2-6-13(18)11(12)8-14-15(21)19(16(24)25-14)9-3-1-4-10(7-9)20(22)23/h1-8H/b14-8+. The fraction of sp³-hybridized carbons (Fsp3) is 0. The van der Waals surface area contributed by atoms with E-state index in [0.717, 1.165) is 11.8 Å². The van der Waals surface area contributed by atoms with E-state index in [1.807, 2.05) is 0 Å². The lowest BCUT2D eigenvalue weighted by Gasteiger charge is -2.14. The minimum absolute atomic E-state index is 0.0868. The van der Waals surface area contributed by atoms with E-state index in [4.69, 9.17) is 23.8 Å². The Hall–Kier alpha value is -2.29. The number of thioether (sulfide) groups is 1. The number of amides is 1. The summed E-state index contributed by atoms with van der Waals surface area (Å²) in [4.78, 5) is 24.3. The van der Waals surface area contributed by atoms with Crippen LogP contribution in [0.15, 0.2) is 47.4 Å². The number of rotatable bonds is 3. The maximum absolute atomic E-state index is 13.9. The summed E-state index contributed by atoms with van der Waals surface area (Å²) >= 11 is 12.1. The van der Waals surface area contributed by atoms with Gasteiger partial charge in [-0.1, -0.05) is 47.7 Å². The number of benzene rings is 2. The Bertz CT molecular complexity index is 928. The third kappa shape index (κ3) is 3.41. The number of halogens is 2. The van der Waals surface area contributed by atoms with Gasteiger partial charge in [-0.25, -0.2) is 4.39 Å². The van der Waals surface area contributed by atoms with Crippen molar-refractivity contribution in [3.05, 3.63) is 73.9 Å². The minimum atomic E-state index is -0.562. The van der Waals surface area contributed by atoms with Crippen molar-refractivity contribution in [1.29, 1.82) is 0 Å². The average molecular weight is 395 g/mol. The molecule has 0 spiro atoms.